The standard InChI is InChI=1S/C20H29N3S.C20H29N3/c1-24-20-6-4-18(5-7-20)3-2-12-22-13-8-19(9-14-22)10-15-23-16-11-21-17-23;1-18(20-5-3-2-4-6-20)7-12-22-13-8-19(9-14-22)10-15-23-16-11-21-17-23/h4-7,11,16-17,19H,2-3,8-10,12-15H2,1H3;2-6,11,16-19H,7-10,12-15H2,1H3. The minimum atomic E-state index is 0.662. The zero-order valence-corrected chi connectivity index (χ0v) is 29.8. The van der Waals surface area contributed by atoms with Crippen LogP contribution in [0.2, 0.25) is 0 Å². The fourth-order valence-electron chi connectivity index (χ4n) is 7.12. The molecule has 6 nitrogen and oxygen atoms in total. The summed E-state index contributed by atoms with van der Waals surface area (Å²) in [5.74, 6) is 2.44. The second kappa shape index (κ2) is 19.8. The van der Waals surface area contributed by atoms with Gasteiger partial charge >= 0.3 is 0 Å². The van der Waals surface area contributed by atoms with E-state index in [-0.39, 0.29) is 0 Å². The Kier molecular flexibility index (Phi) is 15.0. The Morgan fingerprint density at radius 1 is 0.702 bits per heavy atom. The summed E-state index contributed by atoms with van der Waals surface area (Å²) in [7, 11) is 0. The summed E-state index contributed by atoms with van der Waals surface area (Å²) in [4.78, 5) is 14.9. The molecule has 0 amide bonds. The van der Waals surface area contributed by atoms with Crippen molar-refractivity contribution < 1.29 is 0 Å². The Bertz CT molecular complexity index is 1330. The van der Waals surface area contributed by atoms with Gasteiger partial charge in [0.15, 0.2) is 0 Å². The molecule has 0 aliphatic carbocycles. The summed E-state index contributed by atoms with van der Waals surface area (Å²) in [6, 6.07) is 20.0. The molecular weight excluding hydrogens is 597 g/mol. The van der Waals surface area contributed by atoms with Crippen molar-refractivity contribution in [2.45, 2.75) is 88.6 Å². The molecule has 2 aliphatic rings. The third-order valence-electron chi connectivity index (χ3n) is 10.5. The minimum absolute atomic E-state index is 0.662. The fourth-order valence-corrected chi connectivity index (χ4v) is 7.53. The first-order valence-corrected chi connectivity index (χ1v) is 19.4. The second-order valence-electron chi connectivity index (χ2n) is 13.8. The largest absolute Gasteiger partial charge is 0.337 e. The van der Waals surface area contributed by atoms with Gasteiger partial charge in [-0.3, -0.25) is 0 Å². The first-order chi connectivity index (χ1) is 23.1. The Morgan fingerprint density at radius 2 is 1.26 bits per heavy atom. The van der Waals surface area contributed by atoms with Gasteiger partial charge in [0.1, 0.15) is 0 Å². The highest BCUT2D eigenvalue weighted by Crippen LogP contribution is 2.24. The summed E-state index contributed by atoms with van der Waals surface area (Å²) in [6.45, 7) is 12.2. The molecule has 0 spiro atoms. The molecule has 4 aromatic rings. The number of thioether (sulfide) groups is 1. The third-order valence-corrected chi connectivity index (χ3v) is 11.2. The Labute approximate surface area is 289 Å². The molecule has 1 unspecified atom stereocenters. The molecule has 2 aromatic heterocycles. The predicted molar refractivity (Wildman–Crippen MR) is 198 cm³/mol. The molecule has 6 rings (SSSR count). The molecule has 2 aliphatic heterocycles. The summed E-state index contributed by atoms with van der Waals surface area (Å²) in [5, 5.41) is 0. The lowest BCUT2D eigenvalue weighted by atomic mass is 9.92. The third kappa shape index (κ3) is 12.6. The number of likely N-dealkylation sites (tertiary alicyclic amines) is 2. The van der Waals surface area contributed by atoms with Gasteiger partial charge in [-0.25, -0.2) is 9.97 Å². The molecule has 0 bridgehead atoms. The summed E-state index contributed by atoms with van der Waals surface area (Å²) < 4.78 is 4.41. The number of rotatable bonds is 15. The zero-order valence-electron chi connectivity index (χ0n) is 29.0. The van der Waals surface area contributed by atoms with Crippen molar-refractivity contribution in [3.05, 3.63) is 103 Å². The van der Waals surface area contributed by atoms with Crippen molar-refractivity contribution in [2.24, 2.45) is 11.8 Å². The SMILES string of the molecule is CC(CCN1CCC(CCn2ccnc2)CC1)c1ccccc1.CSc1ccc(CCCN2CCC(CCn3ccnc3)CC2)cc1. The second-order valence-corrected chi connectivity index (χ2v) is 14.7. The van der Waals surface area contributed by atoms with Gasteiger partial charge in [0.2, 0.25) is 0 Å². The topological polar surface area (TPSA) is 42.1 Å². The van der Waals surface area contributed by atoms with Crippen molar-refractivity contribution in [3.8, 4) is 0 Å². The van der Waals surface area contributed by atoms with Crippen molar-refractivity contribution >= 4 is 11.8 Å². The van der Waals surface area contributed by atoms with E-state index in [2.05, 4.69) is 109 Å². The van der Waals surface area contributed by atoms with E-state index in [1.807, 2.05) is 36.8 Å². The Morgan fingerprint density at radius 3 is 1.77 bits per heavy atom. The van der Waals surface area contributed by atoms with Gasteiger partial charge in [-0.05, 0) is 144 Å². The normalized spacial score (nSPS) is 17.3. The minimum Gasteiger partial charge on any atom is -0.337 e. The maximum atomic E-state index is 4.12. The number of imidazole rings is 2. The first-order valence-electron chi connectivity index (χ1n) is 18.2. The quantitative estimate of drug-likeness (QED) is 0.120. The molecule has 2 saturated heterocycles. The number of nitrogens with zero attached hydrogens (tertiary/aromatic N) is 6. The molecule has 2 aromatic carbocycles. The van der Waals surface area contributed by atoms with E-state index in [1.54, 1.807) is 0 Å². The van der Waals surface area contributed by atoms with E-state index in [0.717, 1.165) is 24.9 Å². The highest BCUT2D eigenvalue weighted by molar-refractivity contribution is 7.98. The maximum Gasteiger partial charge on any atom is 0.0945 e. The van der Waals surface area contributed by atoms with Gasteiger partial charge in [-0.2, -0.15) is 0 Å². The first kappa shape index (κ1) is 35.4. The van der Waals surface area contributed by atoms with E-state index < -0.39 is 0 Å². The predicted octanol–water partition coefficient (Wildman–Crippen LogP) is 8.52. The molecule has 1 atom stereocenters. The maximum absolute atomic E-state index is 4.12. The Balaban J connectivity index is 0.000000185. The lowest BCUT2D eigenvalue weighted by Gasteiger charge is -2.32. The highest BCUT2D eigenvalue weighted by Gasteiger charge is 2.20. The van der Waals surface area contributed by atoms with Crippen LogP contribution in [0.15, 0.2) is 96.9 Å². The molecular formula is C40H58N6S. The molecule has 0 saturated carbocycles. The van der Waals surface area contributed by atoms with Gasteiger partial charge in [0.25, 0.3) is 0 Å². The number of aromatic nitrogens is 4. The van der Waals surface area contributed by atoms with Crippen LogP contribution in [0.4, 0.5) is 0 Å². The average Bonchev–Trinajstić information content (AvgIpc) is 3.86. The van der Waals surface area contributed by atoms with E-state index >= 15 is 0 Å². The molecule has 0 N–H and O–H groups in total. The van der Waals surface area contributed by atoms with Crippen LogP contribution in [-0.4, -0.2) is 74.4 Å². The monoisotopic (exact) mass is 654 g/mol. The lowest BCUT2D eigenvalue weighted by molar-refractivity contribution is 0.172. The van der Waals surface area contributed by atoms with E-state index in [0.29, 0.717) is 5.92 Å². The molecule has 4 heterocycles. The van der Waals surface area contributed by atoms with E-state index in [1.165, 1.54) is 113 Å². The van der Waals surface area contributed by atoms with Crippen molar-refractivity contribution in [1.29, 1.82) is 0 Å². The summed E-state index contributed by atoms with van der Waals surface area (Å²) in [6.07, 6.45) is 25.6. The van der Waals surface area contributed by atoms with Crippen molar-refractivity contribution in [1.82, 2.24) is 28.9 Å². The number of hydrogen-bond donors (Lipinski definition) is 0. The molecule has 0 radical (unpaired) electrons. The van der Waals surface area contributed by atoms with E-state index in [9.17, 15) is 0 Å². The zero-order chi connectivity index (χ0) is 32.5. The van der Waals surface area contributed by atoms with Crippen LogP contribution >= 0.6 is 11.8 Å². The Hall–Kier alpha value is -2.87. The number of benzene rings is 2. The van der Waals surface area contributed by atoms with Crippen LogP contribution in [0.1, 0.15) is 75.3 Å². The number of piperidine rings is 2. The van der Waals surface area contributed by atoms with Crippen LogP contribution in [-0.2, 0) is 19.5 Å². The molecule has 47 heavy (non-hydrogen) atoms. The van der Waals surface area contributed by atoms with Gasteiger partial charge < -0.3 is 18.9 Å². The summed E-state index contributed by atoms with van der Waals surface area (Å²) in [5.41, 5.74) is 2.95. The number of aryl methyl sites for hydroxylation is 3. The summed E-state index contributed by atoms with van der Waals surface area (Å²) >= 11 is 1.81. The lowest BCUT2D eigenvalue weighted by Crippen LogP contribution is -2.35. The fraction of sp³-hybridized carbons (Fsp3) is 0.550. The number of hydrogen-bond acceptors (Lipinski definition) is 5. The highest BCUT2D eigenvalue weighted by atomic mass is 32.2. The van der Waals surface area contributed by atoms with Crippen LogP contribution in [0.3, 0.4) is 0 Å². The van der Waals surface area contributed by atoms with Gasteiger partial charge in [0.05, 0.1) is 12.7 Å². The van der Waals surface area contributed by atoms with Crippen molar-refractivity contribution in [3.63, 3.8) is 0 Å². The van der Waals surface area contributed by atoms with Gasteiger partial charge in [-0.1, -0.05) is 49.4 Å². The molecule has 7 heteroatoms. The molecule has 254 valence electrons. The smallest absolute Gasteiger partial charge is 0.0945 e. The molecule has 2 fully saturated rings. The average molecular weight is 655 g/mol. The van der Waals surface area contributed by atoms with Crippen LogP contribution in [0, 0.1) is 11.8 Å². The van der Waals surface area contributed by atoms with Crippen LogP contribution in [0.5, 0.6) is 0 Å². The van der Waals surface area contributed by atoms with E-state index in [4.69, 9.17) is 0 Å². The van der Waals surface area contributed by atoms with Gasteiger partial charge in [-0.15, -0.1) is 11.8 Å². The van der Waals surface area contributed by atoms with Crippen LogP contribution < -0.4 is 0 Å². The van der Waals surface area contributed by atoms with Gasteiger partial charge in [0, 0.05) is 42.8 Å². The van der Waals surface area contributed by atoms with Crippen LogP contribution in [0.25, 0.3) is 0 Å². The van der Waals surface area contributed by atoms with Crippen molar-refractivity contribution in [2.75, 3.05) is 45.5 Å².